The molecule has 2 rings (SSSR count). The highest BCUT2D eigenvalue weighted by molar-refractivity contribution is 7.13. The van der Waals surface area contributed by atoms with Gasteiger partial charge in [-0.1, -0.05) is 6.07 Å². The molecule has 2 aromatic heterocycles. The van der Waals surface area contributed by atoms with Crippen LogP contribution in [0.4, 0.5) is 5.82 Å². The molecule has 0 saturated carbocycles. The molecule has 0 fully saturated rings. The van der Waals surface area contributed by atoms with Crippen molar-refractivity contribution in [2.24, 2.45) is 0 Å². The maximum atomic E-state index is 8.78. The Hall–Kier alpha value is -1.17. The summed E-state index contributed by atoms with van der Waals surface area (Å²) in [6.45, 7) is 0.483. The molecule has 4 nitrogen and oxygen atoms in total. The number of hydrogen-bond acceptors (Lipinski definition) is 5. The Morgan fingerprint density at radius 3 is 3.06 bits per heavy atom. The number of anilines is 1. The predicted octanol–water partition coefficient (Wildman–Crippen LogP) is 2.26. The van der Waals surface area contributed by atoms with Gasteiger partial charge in [-0.15, -0.1) is 11.3 Å². The van der Waals surface area contributed by atoms with Crippen molar-refractivity contribution in [1.82, 2.24) is 9.97 Å². The van der Waals surface area contributed by atoms with Crippen LogP contribution in [0.25, 0.3) is 10.4 Å². The zero-order valence-electron chi connectivity index (χ0n) is 8.35. The number of hydrogen-bond donors (Lipinski definition) is 2. The van der Waals surface area contributed by atoms with Crippen molar-refractivity contribution in [2.45, 2.75) is 0 Å². The van der Waals surface area contributed by atoms with Crippen LogP contribution in [-0.2, 0) is 0 Å². The van der Waals surface area contributed by atoms with Gasteiger partial charge in [0.2, 0.25) is 5.28 Å². The van der Waals surface area contributed by atoms with Crippen LogP contribution in [0.3, 0.4) is 0 Å². The predicted molar refractivity (Wildman–Crippen MR) is 65.9 cm³/mol. The van der Waals surface area contributed by atoms with Gasteiger partial charge in [-0.3, -0.25) is 0 Å². The summed E-state index contributed by atoms with van der Waals surface area (Å²) in [4.78, 5) is 9.13. The third-order valence-electron chi connectivity index (χ3n) is 1.95. The largest absolute Gasteiger partial charge is 0.395 e. The zero-order valence-corrected chi connectivity index (χ0v) is 9.92. The minimum atomic E-state index is 0.0471. The summed E-state index contributed by atoms with van der Waals surface area (Å²) >= 11 is 7.34. The summed E-state index contributed by atoms with van der Waals surface area (Å²) in [5.74, 6) is 0.650. The molecule has 0 aliphatic heterocycles. The molecule has 2 heterocycles. The molecule has 2 N–H and O–H groups in total. The average molecular weight is 256 g/mol. The maximum absolute atomic E-state index is 8.78. The lowest BCUT2D eigenvalue weighted by atomic mass is 10.2. The van der Waals surface area contributed by atoms with Gasteiger partial charge in [-0.25, -0.2) is 9.97 Å². The molecule has 0 radical (unpaired) electrons. The Morgan fingerprint density at radius 2 is 2.38 bits per heavy atom. The summed E-state index contributed by atoms with van der Waals surface area (Å²) in [6, 6.07) is 3.95. The zero-order chi connectivity index (χ0) is 11.4. The SMILES string of the molecule is OCCNc1nc(Cl)ncc1-c1cccs1. The van der Waals surface area contributed by atoms with Gasteiger partial charge in [0, 0.05) is 17.6 Å². The minimum absolute atomic E-state index is 0.0471. The van der Waals surface area contributed by atoms with Crippen LogP contribution < -0.4 is 5.32 Å². The first-order chi connectivity index (χ1) is 7.81. The topological polar surface area (TPSA) is 58.0 Å². The number of thiophene rings is 1. The number of rotatable bonds is 4. The van der Waals surface area contributed by atoms with E-state index < -0.39 is 0 Å². The molecule has 16 heavy (non-hydrogen) atoms. The van der Waals surface area contributed by atoms with E-state index in [1.165, 1.54) is 0 Å². The Morgan fingerprint density at radius 1 is 1.50 bits per heavy atom. The van der Waals surface area contributed by atoms with E-state index in [4.69, 9.17) is 16.7 Å². The maximum Gasteiger partial charge on any atom is 0.224 e. The van der Waals surface area contributed by atoms with Crippen LogP contribution in [-0.4, -0.2) is 28.2 Å². The molecule has 0 aromatic carbocycles. The fourth-order valence-corrected chi connectivity index (χ4v) is 2.15. The van der Waals surface area contributed by atoms with E-state index in [-0.39, 0.29) is 11.9 Å². The fraction of sp³-hybridized carbons (Fsp3) is 0.200. The highest BCUT2D eigenvalue weighted by atomic mass is 35.5. The molecule has 0 unspecified atom stereocenters. The Kier molecular flexibility index (Phi) is 3.71. The van der Waals surface area contributed by atoms with Gasteiger partial charge >= 0.3 is 0 Å². The number of halogens is 1. The number of aromatic nitrogens is 2. The lowest BCUT2D eigenvalue weighted by molar-refractivity contribution is 0.311. The normalized spacial score (nSPS) is 10.4. The lowest BCUT2D eigenvalue weighted by Crippen LogP contribution is -2.08. The first-order valence-electron chi connectivity index (χ1n) is 4.72. The van der Waals surface area contributed by atoms with E-state index in [1.54, 1.807) is 17.5 Å². The van der Waals surface area contributed by atoms with Crippen LogP contribution in [0.1, 0.15) is 0 Å². The average Bonchev–Trinajstić information content (AvgIpc) is 2.80. The summed E-state index contributed by atoms with van der Waals surface area (Å²) in [6.07, 6.45) is 1.68. The number of aliphatic hydroxyl groups is 1. The molecular weight excluding hydrogens is 246 g/mol. The fourth-order valence-electron chi connectivity index (χ4n) is 1.28. The van der Waals surface area contributed by atoms with Crippen LogP contribution in [0.2, 0.25) is 5.28 Å². The smallest absolute Gasteiger partial charge is 0.224 e. The third kappa shape index (κ3) is 2.49. The van der Waals surface area contributed by atoms with Crippen LogP contribution >= 0.6 is 22.9 Å². The van der Waals surface area contributed by atoms with E-state index in [9.17, 15) is 0 Å². The standard InChI is InChI=1S/C10H10ClN3OS/c11-10-13-6-7(8-2-1-5-16-8)9(14-10)12-3-4-15/h1-2,5-6,15H,3-4H2,(H,12,13,14). The molecule has 6 heteroatoms. The molecule has 0 spiro atoms. The molecule has 84 valence electrons. The Balaban J connectivity index is 2.36. The molecule has 2 aromatic rings. The van der Waals surface area contributed by atoms with E-state index in [0.29, 0.717) is 12.4 Å². The van der Waals surface area contributed by atoms with Crippen LogP contribution in [0.15, 0.2) is 23.7 Å². The van der Waals surface area contributed by atoms with Gasteiger partial charge in [0.05, 0.1) is 12.2 Å². The molecule has 0 saturated heterocycles. The van der Waals surface area contributed by atoms with Crippen molar-refractivity contribution in [2.75, 3.05) is 18.5 Å². The first kappa shape index (κ1) is 11.3. The van der Waals surface area contributed by atoms with Gasteiger partial charge in [0.15, 0.2) is 0 Å². The molecule has 0 amide bonds. The summed E-state index contributed by atoms with van der Waals surface area (Å²) < 4.78 is 0. The second kappa shape index (κ2) is 5.25. The Bertz CT molecular complexity index is 461. The van der Waals surface area contributed by atoms with Gasteiger partial charge in [0.25, 0.3) is 0 Å². The third-order valence-corrected chi connectivity index (χ3v) is 3.04. The Labute approximate surface area is 102 Å². The molecule has 0 bridgehead atoms. The molecule has 0 atom stereocenters. The summed E-state index contributed by atoms with van der Waals surface area (Å²) in [7, 11) is 0. The van der Waals surface area contributed by atoms with Crippen molar-refractivity contribution >= 4 is 28.8 Å². The summed E-state index contributed by atoms with van der Waals surface area (Å²) in [5.41, 5.74) is 0.896. The molecular formula is C10H10ClN3OS. The number of aliphatic hydroxyl groups excluding tert-OH is 1. The van der Waals surface area contributed by atoms with Gasteiger partial charge in [0.1, 0.15) is 5.82 Å². The van der Waals surface area contributed by atoms with Gasteiger partial charge in [-0.05, 0) is 23.0 Å². The highest BCUT2D eigenvalue weighted by Gasteiger charge is 2.08. The monoisotopic (exact) mass is 255 g/mol. The number of nitrogens with one attached hydrogen (secondary N) is 1. The van der Waals surface area contributed by atoms with Gasteiger partial charge in [-0.2, -0.15) is 0 Å². The number of nitrogens with zero attached hydrogens (tertiary/aromatic N) is 2. The van der Waals surface area contributed by atoms with E-state index in [0.717, 1.165) is 10.4 Å². The lowest BCUT2D eigenvalue weighted by Gasteiger charge is -2.08. The van der Waals surface area contributed by atoms with Crippen molar-refractivity contribution < 1.29 is 5.11 Å². The molecule has 0 aliphatic carbocycles. The highest BCUT2D eigenvalue weighted by Crippen LogP contribution is 2.30. The van der Waals surface area contributed by atoms with Crippen molar-refractivity contribution in [3.8, 4) is 10.4 Å². The second-order valence-corrected chi connectivity index (χ2v) is 4.31. The molecule has 0 aliphatic rings. The summed E-state index contributed by atoms with van der Waals surface area (Å²) in [5, 5.41) is 14.0. The van der Waals surface area contributed by atoms with Crippen molar-refractivity contribution in [3.05, 3.63) is 29.0 Å². The van der Waals surface area contributed by atoms with Crippen LogP contribution in [0.5, 0.6) is 0 Å². The van der Waals surface area contributed by atoms with E-state index in [1.807, 2.05) is 17.5 Å². The van der Waals surface area contributed by atoms with Gasteiger partial charge < -0.3 is 10.4 Å². The second-order valence-electron chi connectivity index (χ2n) is 3.03. The van der Waals surface area contributed by atoms with Crippen molar-refractivity contribution in [3.63, 3.8) is 0 Å². The first-order valence-corrected chi connectivity index (χ1v) is 5.98. The van der Waals surface area contributed by atoms with E-state index >= 15 is 0 Å². The van der Waals surface area contributed by atoms with E-state index in [2.05, 4.69) is 15.3 Å². The van der Waals surface area contributed by atoms with Crippen LogP contribution in [0, 0.1) is 0 Å². The van der Waals surface area contributed by atoms with Crippen molar-refractivity contribution in [1.29, 1.82) is 0 Å². The minimum Gasteiger partial charge on any atom is -0.395 e. The quantitative estimate of drug-likeness (QED) is 0.823.